The molecule has 0 spiro atoms. The molecule has 0 aromatic carbocycles. The van der Waals surface area contributed by atoms with Crippen molar-refractivity contribution in [3.8, 4) is 0 Å². The van der Waals surface area contributed by atoms with Crippen LogP contribution in [0.15, 0.2) is 0 Å². The minimum Gasteiger partial charge on any atom is -0.390 e. The van der Waals surface area contributed by atoms with Crippen LogP contribution in [0.5, 0.6) is 0 Å². The van der Waals surface area contributed by atoms with E-state index < -0.39 is 18.4 Å². The van der Waals surface area contributed by atoms with Gasteiger partial charge in [0.25, 0.3) is 0 Å². The Kier molecular flexibility index (Phi) is 2.43. The summed E-state index contributed by atoms with van der Waals surface area (Å²) in [5, 5.41) is 27.1. The highest BCUT2D eigenvalue weighted by molar-refractivity contribution is 5.47. The third-order valence-electron chi connectivity index (χ3n) is 1.86. The molecule has 0 aromatic rings. The van der Waals surface area contributed by atoms with E-state index in [2.05, 4.69) is 0 Å². The molecule has 5 nitrogen and oxygen atoms in total. The lowest BCUT2D eigenvalue weighted by atomic mass is 10.0. The SMILES string of the molecule is O=CN1CCC(O)C(O)C1O. The van der Waals surface area contributed by atoms with Gasteiger partial charge in [0.2, 0.25) is 6.41 Å². The van der Waals surface area contributed by atoms with E-state index in [0.29, 0.717) is 12.8 Å². The van der Waals surface area contributed by atoms with Crippen molar-refractivity contribution < 1.29 is 20.1 Å². The van der Waals surface area contributed by atoms with Gasteiger partial charge < -0.3 is 20.2 Å². The van der Waals surface area contributed by atoms with Gasteiger partial charge in [-0.15, -0.1) is 0 Å². The largest absolute Gasteiger partial charge is 0.390 e. The van der Waals surface area contributed by atoms with Crippen LogP contribution < -0.4 is 0 Å². The average molecular weight is 161 g/mol. The van der Waals surface area contributed by atoms with Crippen LogP contribution >= 0.6 is 0 Å². The number of carbonyl (C=O) groups is 1. The first-order chi connectivity index (χ1) is 5.16. The zero-order valence-corrected chi connectivity index (χ0v) is 5.92. The Labute approximate surface area is 63.9 Å². The van der Waals surface area contributed by atoms with Crippen molar-refractivity contribution in [2.45, 2.75) is 24.9 Å². The van der Waals surface area contributed by atoms with E-state index in [0.717, 1.165) is 4.90 Å². The number of carbonyl (C=O) groups excluding carboxylic acids is 1. The van der Waals surface area contributed by atoms with E-state index in [9.17, 15) is 4.79 Å². The van der Waals surface area contributed by atoms with Crippen molar-refractivity contribution in [2.24, 2.45) is 0 Å². The maximum absolute atomic E-state index is 10.2. The molecule has 1 rings (SSSR count). The van der Waals surface area contributed by atoms with Gasteiger partial charge in [0.1, 0.15) is 6.10 Å². The first kappa shape index (κ1) is 8.45. The molecular weight excluding hydrogens is 150 g/mol. The van der Waals surface area contributed by atoms with Crippen LogP contribution in [0.2, 0.25) is 0 Å². The second-order valence-electron chi connectivity index (χ2n) is 2.60. The summed E-state index contributed by atoms with van der Waals surface area (Å²) in [6, 6.07) is 0. The van der Waals surface area contributed by atoms with Crippen LogP contribution in [0.1, 0.15) is 6.42 Å². The van der Waals surface area contributed by atoms with Crippen molar-refractivity contribution >= 4 is 6.41 Å². The van der Waals surface area contributed by atoms with Crippen LogP contribution in [0.25, 0.3) is 0 Å². The minimum atomic E-state index is -1.27. The van der Waals surface area contributed by atoms with Gasteiger partial charge in [-0.3, -0.25) is 4.79 Å². The predicted molar refractivity (Wildman–Crippen MR) is 35.4 cm³/mol. The molecule has 1 amide bonds. The van der Waals surface area contributed by atoms with E-state index in [1.54, 1.807) is 0 Å². The predicted octanol–water partition coefficient (Wildman–Crippen LogP) is -2.11. The third kappa shape index (κ3) is 1.50. The summed E-state index contributed by atoms with van der Waals surface area (Å²) in [6.45, 7) is 0.281. The molecule has 0 radical (unpaired) electrons. The normalized spacial score (nSPS) is 38.8. The molecule has 0 bridgehead atoms. The van der Waals surface area contributed by atoms with Crippen LogP contribution in [0.3, 0.4) is 0 Å². The number of piperidine rings is 1. The van der Waals surface area contributed by atoms with Gasteiger partial charge in [-0.2, -0.15) is 0 Å². The molecule has 3 atom stereocenters. The molecule has 5 heteroatoms. The van der Waals surface area contributed by atoms with Crippen LogP contribution in [-0.2, 0) is 4.79 Å². The molecule has 0 aliphatic carbocycles. The highest BCUT2D eigenvalue weighted by Gasteiger charge is 2.33. The van der Waals surface area contributed by atoms with Crippen molar-refractivity contribution in [1.82, 2.24) is 4.90 Å². The summed E-state index contributed by atoms with van der Waals surface area (Å²) in [5.41, 5.74) is 0. The molecule has 3 N–H and O–H groups in total. The summed E-state index contributed by atoms with van der Waals surface area (Å²) in [6.07, 6.45) is -2.68. The minimum absolute atomic E-state index is 0.281. The summed E-state index contributed by atoms with van der Waals surface area (Å²) in [5.74, 6) is 0. The third-order valence-corrected chi connectivity index (χ3v) is 1.86. The maximum Gasteiger partial charge on any atom is 0.211 e. The number of hydrogen-bond donors (Lipinski definition) is 3. The molecule has 1 heterocycles. The Hall–Kier alpha value is -0.650. The second kappa shape index (κ2) is 3.17. The first-order valence-electron chi connectivity index (χ1n) is 3.42. The van der Waals surface area contributed by atoms with Crippen LogP contribution in [0.4, 0.5) is 0 Å². The van der Waals surface area contributed by atoms with E-state index in [-0.39, 0.29) is 6.54 Å². The van der Waals surface area contributed by atoms with Crippen LogP contribution in [-0.4, -0.2) is 51.6 Å². The molecule has 0 saturated carbocycles. The number of aliphatic hydroxyl groups excluding tert-OH is 3. The van der Waals surface area contributed by atoms with E-state index in [1.165, 1.54) is 0 Å². The number of likely N-dealkylation sites (tertiary alicyclic amines) is 1. The van der Waals surface area contributed by atoms with Gasteiger partial charge in [-0.05, 0) is 6.42 Å². The number of hydrogen-bond acceptors (Lipinski definition) is 4. The monoisotopic (exact) mass is 161 g/mol. The Morgan fingerprint density at radius 2 is 2.00 bits per heavy atom. The lowest BCUT2D eigenvalue weighted by Gasteiger charge is -2.35. The molecular formula is C6H11NO4. The number of rotatable bonds is 1. The van der Waals surface area contributed by atoms with Crippen molar-refractivity contribution in [3.63, 3.8) is 0 Å². The Balaban J connectivity index is 2.58. The molecule has 3 unspecified atom stereocenters. The number of aliphatic hydroxyl groups is 3. The van der Waals surface area contributed by atoms with Crippen molar-refractivity contribution in [1.29, 1.82) is 0 Å². The highest BCUT2D eigenvalue weighted by Crippen LogP contribution is 2.14. The summed E-state index contributed by atoms with van der Waals surface area (Å²) in [7, 11) is 0. The molecule has 1 aliphatic rings. The van der Waals surface area contributed by atoms with Crippen molar-refractivity contribution in [3.05, 3.63) is 0 Å². The Morgan fingerprint density at radius 1 is 1.36 bits per heavy atom. The smallest absolute Gasteiger partial charge is 0.211 e. The van der Waals surface area contributed by atoms with Gasteiger partial charge in [0.15, 0.2) is 6.23 Å². The molecule has 11 heavy (non-hydrogen) atoms. The topological polar surface area (TPSA) is 81.0 Å². The molecule has 1 saturated heterocycles. The van der Waals surface area contributed by atoms with Gasteiger partial charge >= 0.3 is 0 Å². The zero-order valence-electron chi connectivity index (χ0n) is 5.92. The lowest BCUT2D eigenvalue weighted by molar-refractivity contribution is -0.164. The van der Waals surface area contributed by atoms with Gasteiger partial charge in [-0.25, -0.2) is 0 Å². The van der Waals surface area contributed by atoms with E-state index in [1.807, 2.05) is 0 Å². The molecule has 1 aliphatic heterocycles. The highest BCUT2D eigenvalue weighted by atomic mass is 16.4. The fourth-order valence-electron chi connectivity index (χ4n) is 1.09. The van der Waals surface area contributed by atoms with E-state index >= 15 is 0 Å². The number of nitrogens with zero attached hydrogens (tertiary/aromatic N) is 1. The first-order valence-corrected chi connectivity index (χ1v) is 3.42. The quantitative estimate of drug-likeness (QED) is 0.384. The maximum atomic E-state index is 10.2. The number of amides is 1. The van der Waals surface area contributed by atoms with Gasteiger partial charge in [-0.1, -0.05) is 0 Å². The fourth-order valence-corrected chi connectivity index (χ4v) is 1.09. The van der Waals surface area contributed by atoms with Crippen LogP contribution in [0, 0.1) is 0 Å². The summed E-state index contributed by atoms with van der Waals surface area (Å²) in [4.78, 5) is 11.2. The Morgan fingerprint density at radius 3 is 2.55 bits per heavy atom. The van der Waals surface area contributed by atoms with Gasteiger partial charge in [0, 0.05) is 6.54 Å². The zero-order chi connectivity index (χ0) is 8.43. The molecule has 1 fully saturated rings. The molecule has 0 aromatic heterocycles. The van der Waals surface area contributed by atoms with E-state index in [4.69, 9.17) is 15.3 Å². The van der Waals surface area contributed by atoms with Crippen molar-refractivity contribution in [2.75, 3.05) is 6.54 Å². The lowest BCUT2D eigenvalue weighted by Crippen LogP contribution is -2.53. The Bertz CT molecular complexity index is 152. The molecule has 64 valence electrons. The summed E-state index contributed by atoms with van der Waals surface area (Å²) < 4.78 is 0. The fraction of sp³-hybridized carbons (Fsp3) is 0.833. The van der Waals surface area contributed by atoms with Gasteiger partial charge in [0.05, 0.1) is 6.10 Å². The second-order valence-corrected chi connectivity index (χ2v) is 2.60. The summed E-state index contributed by atoms with van der Waals surface area (Å²) >= 11 is 0. The standard InChI is InChI=1S/C6H11NO4/c8-3-7-2-1-4(9)5(10)6(7)11/h3-6,9-11H,1-2H2. The average Bonchev–Trinajstić information content (AvgIpc) is 2.01.